The molecule has 264 valence electrons. The van der Waals surface area contributed by atoms with Crippen molar-refractivity contribution >= 4 is 82.3 Å². The summed E-state index contributed by atoms with van der Waals surface area (Å²) in [5, 5.41) is 0. The second kappa shape index (κ2) is 14.2. The van der Waals surface area contributed by atoms with Crippen molar-refractivity contribution in [1.29, 1.82) is 0 Å². The molecule has 3 heterocycles. The molecular weight excluding hydrogens is 707 g/mol. The topological polar surface area (TPSA) is 152 Å². The lowest BCUT2D eigenvalue weighted by atomic mass is 9.82. The first kappa shape index (κ1) is 37.1. The van der Waals surface area contributed by atoms with Crippen LogP contribution in [0.15, 0.2) is 67.2 Å². The Morgan fingerprint density at radius 1 is 0.840 bits per heavy atom. The van der Waals surface area contributed by atoms with Gasteiger partial charge in [0, 0.05) is 23.0 Å². The number of nitrogens with zero attached hydrogens (tertiary/aromatic N) is 1. The second-order valence-electron chi connectivity index (χ2n) is 11.9. The lowest BCUT2D eigenvalue weighted by Gasteiger charge is -2.51. The number of hydrogen-bond donors (Lipinski definition) is 0. The molecule has 5 rings (SSSR count). The number of benzene rings is 1. The van der Waals surface area contributed by atoms with E-state index in [1.54, 1.807) is 26.0 Å². The van der Waals surface area contributed by atoms with Crippen molar-refractivity contribution in [1.82, 2.24) is 0 Å². The van der Waals surface area contributed by atoms with Crippen molar-refractivity contribution < 1.29 is 52.5 Å². The lowest BCUT2D eigenvalue weighted by molar-refractivity contribution is -0.151. The Kier molecular flexibility index (Phi) is 10.5. The number of amides is 1. The molecule has 0 unspecified atom stereocenters. The van der Waals surface area contributed by atoms with Gasteiger partial charge in [0.1, 0.15) is 18.8 Å². The van der Waals surface area contributed by atoms with Crippen LogP contribution in [0.3, 0.4) is 0 Å². The molecule has 1 atom stereocenters. The average Bonchev–Trinajstić information content (AvgIpc) is 3.49. The van der Waals surface area contributed by atoms with Crippen molar-refractivity contribution in [3.8, 4) is 0 Å². The molecular formula is C35H35NO11S3. The maximum absolute atomic E-state index is 14.9. The first-order valence-corrected chi connectivity index (χ1v) is 17.7. The predicted molar refractivity (Wildman–Crippen MR) is 189 cm³/mol. The van der Waals surface area contributed by atoms with E-state index in [4.69, 9.17) is 23.7 Å². The molecule has 15 heteroatoms. The quantitative estimate of drug-likeness (QED) is 0.269. The van der Waals surface area contributed by atoms with Gasteiger partial charge < -0.3 is 23.7 Å². The Hall–Kier alpha value is -4.21. The summed E-state index contributed by atoms with van der Waals surface area (Å²) in [5.41, 5.74) is 1.26. The Balaban J connectivity index is 1.86. The van der Waals surface area contributed by atoms with Crippen LogP contribution in [-0.2, 0) is 52.5 Å². The van der Waals surface area contributed by atoms with Crippen LogP contribution in [-0.4, -0.2) is 79.9 Å². The van der Waals surface area contributed by atoms with E-state index >= 15 is 0 Å². The maximum Gasteiger partial charge on any atom is 0.345 e. The SMILES string of the molecule is COC(=O)C1=C(C(=O)OC)SC2(S1)C(C(=O)OC)=C(C(=O)OC)SC1=C2c2cc(C)ccc2N(C(=O)[C@H](OC(C)=O)C2=CC=CCC2)C1(C)C. The van der Waals surface area contributed by atoms with Gasteiger partial charge in [0.15, 0.2) is 0 Å². The fraction of sp³-hybridized carbons (Fsp3) is 0.371. The Morgan fingerprint density at radius 2 is 1.42 bits per heavy atom. The molecule has 1 aromatic carbocycles. The number of esters is 5. The monoisotopic (exact) mass is 741 g/mol. The normalized spacial score (nSPS) is 19.3. The third-order valence-electron chi connectivity index (χ3n) is 8.40. The highest BCUT2D eigenvalue weighted by molar-refractivity contribution is 8.26. The van der Waals surface area contributed by atoms with Gasteiger partial charge in [0.25, 0.3) is 5.91 Å². The maximum atomic E-state index is 14.9. The van der Waals surface area contributed by atoms with E-state index < -0.39 is 51.5 Å². The molecule has 0 bridgehead atoms. The van der Waals surface area contributed by atoms with E-state index in [1.807, 2.05) is 31.2 Å². The number of carbonyl (C=O) groups excluding carboxylic acids is 6. The lowest BCUT2D eigenvalue weighted by Crippen LogP contribution is -2.57. The molecule has 0 saturated carbocycles. The van der Waals surface area contributed by atoms with Crippen LogP contribution >= 0.6 is 35.3 Å². The highest BCUT2D eigenvalue weighted by atomic mass is 32.2. The summed E-state index contributed by atoms with van der Waals surface area (Å²) < 4.78 is 24.5. The molecule has 50 heavy (non-hydrogen) atoms. The Morgan fingerprint density at radius 3 is 1.94 bits per heavy atom. The number of aryl methyl sites for hydroxylation is 1. The zero-order chi connectivity index (χ0) is 36.7. The van der Waals surface area contributed by atoms with Crippen LogP contribution in [0, 0.1) is 6.92 Å². The molecule has 1 spiro atoms. The number of methoxy groups -OCH3 is 4. The van der Waals surface area contributed by atoms with Gasteiger partial charge in [-0.1, -0.05) is 65.1 Å². The van der Waals surface area contributed by atoms with E-state index in [9.17, 15) is 28.8 Å². The third-order valence-corrected chi connectivity index (χ3v) is 13.1. The molecule has 1 aliphatic carbocycles. The number of allylic oxidation sites excluding steroid dienone is 3. The molecule has 3 aliphatic heterocycles. The number of carbonyl (C=O) groups is 6. The molecule has 0 aromatic heterocycles. The third kappa shape index (κ3) is 6.08. The van der Waals surface area contributed by atoms with Crippen LogP contribution in [0.4, 0.5) is 5.69 Å². The minimum atomic E-state index is -1.72. The number of ether oxygens (including phenoxy) is 5. The summed E-state index contributed by atoms with van der Waals surface area (Å²) in [7, 11) is 4.62. The van der Waals surface area contributed by atoms with Gasteiger partial charge in [0.05, 0.1) is 45.2 Å². The number of hydrogen-bond acceptors (Lipinski definition) is 14. The molecule has 0 fully saturated rings. The largest absolute Gasteiger partial charge is 0.466 e. The summed E-state index contributed by atoms with van der Waals surface area (Å²) in [6.07, 6.45) is 5.41. The summed E-state index contributed by atoms with van der Waals surface area (Å²) in [4.78, 5) is 82.8. The van der Waals surface area contributed by atoms with Gasteiger partial charge in [-0.2, -0.15) is 0 Å². The van der Waals surface area contributed by atoms with Crippen molar-refractivity contribution in [3.05, 3.63) is 78.3 Å². The zero-order valence-corrected chi connectivity index (χ0v) is 31.1. The van der Waals surface area contributed by atoms with Crippen LogP contribution in [0.5, 0.6) is 0 Å². The first-order chi connectivity index (χ1) is 23.7. The van der Waals surface area contributed by atoms with E-state index in [0.717, 1.165) is 69.3 Å². The highest BCUT2D eigenvalue weighted by Gasteiger charge is 2.62. The van der Waals surface area contributed by atoms with Crippen molar-refractivity contribution in [2.24, 2.45) is 0 Å². The number of rotatable bonds is 7. The first-order valence-electron chi connectivity index (χ1n) is 15.3. The van der Waals surface area contributed by atoms with Crippen molar-refractivity contribution in [3.63, 3.8) is 0 Å². The number of fused-ring (bicyclic) bond motifs is 3. The van der Waals surface area contributed by atoms with Crippen molar-refractivity contribution in [2.75, 3.05) is 33.3 Å². The molecule has 0 saturated heterocycles. The summed E-state index contributed by atoms with van der Waals surface area (Å²) in [5.74, 6) is -4.68. The fourth-order valence-electron chi connectivity index (χ4n) is 6.23. The summed E-state index contributed by atoms with van der Waals surface area (Å²) >= 11 is 2.62. The van der Waals surface area contributed by atoms with E-state index in [1.165, 1.54) is 11.8 Å². The molecule has 12 nitrogen and oxygen atoms in total. The number of thioether (sulfide) groups is 3. The van der Waals surface area contributed by atoms with Gasteiger partial charge in [-0.3, -0.25) is 14.5 Å². The van der Waals surface area contributed by atoms with E-state index in [-0.39, 0.29) is 20.3 Å². The van der Waals surface area contributed by atoms with Crippen LogP contribution in [0.1, 0.15) is 44.7 Å². The van der Waals surface area contributed by atoms with Gasteiger partial charge in [-0.25, -0.2) is 19.2 Å². The fourth-order valence-corrected chi connectivity index (χ4v) is 11.3. The van der Waals surface area contributed by atoms with E-state index in [2.05, 4.69) is 0 Å². The second-order valence-corrected chi connectivity index (χ2v) is 15.6. The van der Waals surface area contributed by atoms with Crippen molar-refractivity contribution in [2.45, 2.75) is 56.3 Å². The molecule has 1 amide bonds. The smallest absolute Gasteiger partial charge is 0.345 e. The Bertz CT molecular complexity index is 1860. The standard InChI is InChI=1S/C35H35NO11S3/c1-17-14-15-21-20(16-17)22-28(34(3,4)36(21)29(38)24(47-18(2)37)19-12-10-9-11-13-19)48-25(31(40)44-6)23(30(39)43-5)35(22)49-26(32(41)45-7)27(50-35)33(42)46-8/h9-10,12,14-16,24H,11,13H2,1-8H3/t24-/m1/s1. The van der Waals surface area contributed by atoms with Gasteiger partial charge >= 0.3 is 29.8 Å². The molecule has 0 radical (unpaired) electrons. The molecule has 4 aliphatic rings. The van der Waals surface area contributed by atoms with E-state index in [0.29, 0.717) is 40.1 Å². The average molecular weight is 742 g/mol. The van der Waals surface area contributed by atoms with Gasteiger partial charge in [-0.15, -0.1) is 0 Å². The zero-order valence-electron chi connectivity index (χ0n) is 28.6. The van der Waals surface area contributed by atoms with Crippen LogP contribution in [0.2, 0.25) is 0 Å². The van der Waals surface area contributed by atoms with Crippen LogP contribution < -0.4 is 4.90 Å². The minimum absolute atomic E-state index is 0.147. The molecule has 0 N–H and O–H groups in total. The van der Waals surface area contributed by atoms with Gasteiger partial charge in [0.2, 0.25) is 6.10 Å². The molecule has 1 aromatic rings. The Labute approximate surface area is 301 Å². The predicted octanol–water partition coefficient (Wildman–Crippen LogP) is 5.12. The summed E-state index contributed by atoms with van der Waals surface area (Å²) in [6.45, 7) is 6.62. The number of anilines is 1. The summed E-state index contributed by atoms with van der Waals surface area (Å²) in [6, 6.07) is 5.39. The van der Waals surface area contributed by atoms with Crippen LogP contribution in [0.25, 0.3) is 5.57 Å². The highest BCUT2D eigenvalue weighted by Crippen LogP contribution is 2.71. The minimum Gasteiger partial charge on any atom is -0.466 e. The van der Waals surface area contributed by atoms with Gasteiger partial charge in [-0.05, 0) is 51.3 Å².